The standard InChI is InChI=1S/C14H20N2O2/c1-10-9-13(11(2)16-15-10)14(17)7-3-5-12-6-4-8-18-12/h9,12H,3-8H2,1-2H3. The summed E-state index contributed by atoms with van der Waals surface area (Å²) in [5.41, 5.74) is 2.24. The quantitative estimate of drug-likeness (QED) is 0.752. The van der Waals surface area contributed by atoms with Gasteiger partial charge in [-0.2, -0.15) is 10.2 Å². The van der Waals surface area contributed by atoms with Crippen molar-refractivity contribution in [2.75, 3.05) is 6.61 Å². The second-order valence-electron chi connectivity index (χ2n) is 4.94. The van der Waals surface area contributed by atoms with Gasteiger partial charge in [-0.05, 0) is 45.6 Å². The van der Waals surface area contributed by atoms with Gasteiger partial charge in [0.25, 0.3) is 0 Å². The minimum atomic E-state index is 0.170. The maximum atomic E-state index is 12.1. The molecule has 0 radical (unpaired) electrons. The lowest BCUT2D eigenvalue weighted by molar-refractivity contribution is 0.0922. The first-order valence-corrected chi connectivity index (χ1v) is 6.62. The van der Waals surface area contributed by atoms with Gasteiger partial charge in [-0.15, -0.1) is 0 Å². The van der Waals surface area contributed by atoms with Gasteiger partial charge >= 0.3 is 0 Å². The average Bonchev–Trinajstić information content (AvgIpc) is 2.85. The van der Waals surface area contributed by atoms with E-state index in [1.165, 1.54) is 0 Å². The van der Waals surface area contributed by atoms with Crippen molar-refractivity contribution < 1.29 is 9.53 Å². The fourth-order valence-corrected chi connectivity index (χ4v) is 2.33. The molecule has 1 fully saturated rings. The van der Waals surface area contributed by atoms with Gasteiger partial charge in [-0.3, -0.25) is 4.79 Å². The van der Waals surface area contributed by atoms with E-state index < -0.39 is 0 Å². The average molecular weight is 248 g/mol. The zero-order chi connectivity index (χ0) is 13.0. The number of carbonyl (C=O) groups is 1. The second-order valence-corrected chi connectivity index (χ2v) is 4.94. The molecule has 1 saturated heterocycles. The summed E-state index contributed by atoms with van der Waals surface area (Å²) in [4.78, 5) is 12.1. The van der Waals surface area contributed by atoms with Crippen molar-refractivity contribution in [1.82, 2.24) is 10.2 Å². The number of hydrogen-bond donors (Lipinski definition) is 0. The molecule has 0 spiro atoms. The summed E-state index contributed by atoms with van der Waals surface area (Å²) in [5, 5.41) is 7.93. The molecule has 0 N–H and O–H groups in total. The molecule has 0 aromatic carbocycles. The Labute approximate surface area is 108 Å². The van der Waals surface area contributed by atoms with Crippen LogP contribution in [0.15, 0.2) is 6.07 Å². The number of aromatic nitrogens is 2. The van der Waals surface area contributed by atoms with Gasteiger partial charge < -0.3 is 4.74 Å². The first-order chi connectivity index (χ1) is 8.66. The first kappa shape index (κ1) is 13.1. The van der Waals surface area contributed by atoms with Gasteiger partial charge in [0, 0.05) is 18.6 Å². The molecule has 1 aromatic rings. The third kappa shape index (κ3) is 3.35. The summed E-state index contributed by atoms with van der Waals surface area (Å²) in [6.45, 7) is 4.57. The summed E-state index contributed by atoms with van der Waals surface area (Å²) >= 11 is 0. The summed E-state index contributed by atoms with van der Waals surface area (Å²) in [5.74, 6) is 0.170. The highest BCUT2D eigenvalue weighted by Crippen LogP contribution is 2.19. The molecule has 0 aliphatic carbocycles. The van der Waals surface area contributed by atoms with Gasteiger partial charge in [-0.25, -0.2) is 0 Å². The molecule has 1 atom stereocenters. The van der Waals surface area contributed by atoms with Crippen LogP contribution in [0, 0.1) is 13.8 Å². The van der Waals surface area contributed by atoms with Crippen LogP contribution in [0.5, 0.6) is 0 Å². The zero-order valence-corrected chi connectivity index (χ0v) is 11.1. The van der Waals surface area contributed by atoms with Crippen LogP contribution in [0.25, 0.3) is 0 Å². The zero-order valence-electron chi connectivity index (χ0n) is 11.1. The molecular formula is C14H20N2O2. The van der Waals surface area contributed by atoms with E-state index in [-0.39, 0.29) is 5.78 Å². The van der Waals surface area contributed by atoms with Crippen molar-refractivity contribution in [3.63, 3.8) is 0 Å². The van der Waals surface area contributed by atoms with Gasteiger partial charge in [0.15, 0.2) is 5.78 Å². The van der Waals surface area contributed by atoms with Crippen LogP contribution in [0.3, 0.4) is 0 Å². The van der Waals surface area contributed by atoms with Crippen LogP contribution < -0.4 is 0 Å². The molecule has 0 amide bonds. The predicted octanol–water partition coefficient (Wildman–Crippen LogP) is 2.63. The molecule has 98 valence electrons. The molecular weight excluding hydrogens is 228 g/mol. The normalized spacial score (nSPS) is 19.1. The number of ketones is 1. The summed E-state index contributed by atoms with van der Waals surface area (Å²) in [6.07, 6.45) is 5.13. The third-order valence-corrected chi connectivity index (χ3v) is 3.36. The van der Waals surface area contributed by atoms with Crippen LogP contribution in [0.2, 0.25) is 0 Å². The number of aryl methyl sites for hydroxylation is 2. The lowest BCUT2D eigenvalue weighted by Gasteiger charge is -2.09. The smallest absolute Gasteiger partial charge is 0.164 e. The van der Waals surface area contributed by atoms with Gasteiger partial charge in [0.1, 0.15) is 0 Å². The molecule has 1 aliphatic heterocycles. The van der Waals surface area contributed by atoms with E-state index in [0.29, 0.717) is 12.5 Å². The van der Waals surface area contributed by atoms with E-state index in [1.54, 1.807) is 0 Å². The lowest BCUT2D eigenvalue weighted by Crippen LogP contribution is -2.09. The van der Waals surface area contributed by atoms with E-state index in [2.05, 4.69) is 10.2 Å². The number of nitrogens with zero attached hydrogens (tertiary/aromatic N) is 2. The highest BCUT2D eigenvalue weighted by Gasteiger charge is 2.16. The van der Waals surface area contributed by atoms with E-state index in [9.17, 15) is 4.79 Å². The van der Waals surface area contributed by atoms with Crippen molar-refractivity contribution in [2.45, 2.75) is 52.1 Å². The van der Waals surface area contributed by atoms with Crippen LogP contribution in [0.4, 0.5) is 0 Å². The molecule has 4 nitrogen and oxygen atoms in total. The number of hydrogen-bond acceptors (Lipinski definition) is 4. The van der Waals surface area contributed by atoms with Gasteiger partial charge in [0.05, 0.1) is 17.5 Å². The Morgan fingerprint density at radius 3 is 3.00 bits per heavy atom. The highest BCUT2D eigenvalue weighted by atomic mass is 16.5. The number of ether oxygens (including phenoxy) is 1. The fraction of sp³-hybridized carbons (Fsp3) is 0.643. The second kappa shape index (κ2) is 6.05. The number of Topliss-reactive ketones (excluding diaryl/α,β-unsaturated/α-hetero) is 1. The van der Waals surface area contributed by atoms with Crippen molar-refractivity contribution >= 4 is 5.78 Å². The van der Waals surface area contributed by atoms with E-state index in [4.69, 9.17) is 4.74 Å². The lowest BCUT2D eigenvalue weighted by atomic mass is 10.0. The van der Waals surface area contributed by atoms with Crippen LogP contribution >= 0.6 is 0 Å². The summed E-state index contributed by atoms with van der Waals surface area (Å²) in [6, 6.07) is 1.83. The Kier molecular flexibility index (Phi) is 4.42. The topological polar surface area (TPSA) is 52.1 Å². The van der Waals surface area contributed by atoms with Crippen molar-refractivity contribution in [1.29, 1.82) is 0 Å². The maximum Gasteiger partial charge on any atom is 0.164 e. The van der Waals surface area contributed by atoms with Crippen LogP contribution in [-0.4, -0.2) is 28.7 Å². The van der Waals surface area contributed by atoms with Crippen molar-refractivity contribution in [2.24, 2.45) is 0 Å². The van der Waals surface area contributed by atoms with Crippen molar-refractivity contribution in [3.05, 3.63) is 23.0 Å². The Morgan fingerprint density at radius 2 is 2.28 bits per heavy atom. The largest absolute Gasteiger partial charge is 0.378 e. The minimum absolute atomic E-state index is 0.170. The first-order valence-electron chi connectivity index (χ1n) is 6.62. The molecule has 1 unspecified atom stereocenters. The molecule has 18 heavy (non-hydrogen) atoms. The van der Waals surface area contributed by atoms with Crippen LogP contribution in [0.1, 0.15) is 53.8 Å². The highest BCUT2D eigenvalue weighted by molar-refractivity contribution is 5.96. The van der Waals surface area contributed by atoms with Gasteiger partial charge in [-0.1, -0.05) is 0 Å². The summed E-state index contributed by atoms with van der Waals surface area (Å²) in [7, 11) is 0. The predicted molar refractivity (Wildman–Crippen MR) is 68.7 cm³/mol. The maximum absolute atomic E-state index is 12.1. The molecule has 0 saturated carbocycles. The molecule has 0 bridgehead atoms. The van der Waals surface area contributed by atoms with Crippen molar-refractivity contribution in [3.8, 4) is 0 Å². The Morgan fingerprint density at radius 1 is 1.44 bits per heavy atom. The molecule has 1 aliphatic rings. The fourth-order valence-electron chi connectivity index (χ4n) is 2.33. The molecule has 2 heterocycles. The SMILES string of the molecule is Cc1cc(C(=O)CCCC2CCCO2)c(C)nn1. The third-order valence-electron chi connectivity index (χ3n) is 3.36. The van der Waals surface area contributed by atoms with E-state index in [0.717, 1.165) is 49.2 Å². The van der Waals surface area contributed by atoms with Gasteiger partial charge in [0.2, 0.25) is 0 Å². The monoisotopic (exact) mass is 248 g/mol. The summed E-state index contributed by atoms with van der Waals surface area (Å²) < 4.78 is 5.55. The Hall–Kier alpha value is -1.29. The Balaban J connectivity index is 1.85. The van der Waals surface area contributed by atoms with E-state index in [1.807, 2.05) is 19.9 Å². The Bertz CT molecular complexity index is 426. The number of rotatable bonds is 5. The number of carbonyl (C=O) groups excluding carboxylic acids is 1. The van der Waals surface area contributed by atoms with Crippen LogP contribution in [-0.2, 0) is 4.74 Å². The molecule has 2 rings (SSSR count). The van der Waals surface area contributed by atoms with E-state index >= 15 is 0 Å². The minimum Gasteiger partial charge on any atom is -0.378 e. The molecule has 1 aromatic heterocycles. The molecule has 4 heteroatoms.